The summed E-state index contributed by atoms with van der Waals surface area (Å²) in [5.41, 5.74) is 1.45. The van der Waals surface area contributed by atoms with Crippen LogP contribution < -0.4 is 15.4 Å². The summed E-state index contributed by atoms with van der Waals surface area (Å²) in [6.07, 6.45) is 0.476. The molecule has 0 amide bonds. The summed E-state index contributed by atoms with van der Waals surface area (Å²) in [5, 5.41) is 9.89. The van der Waals surface area contributed by atoms with E-state index in [9.17, 15) is 9.90 Å². The zero-order chi connectivity index (χ0) is 16.2. The minimum absolute atomic E-state index is 0.148. The monoisotopic (exact) mass is 315 g/mol. The third kappa shape index (κ3) is 3.53. The Morgan fingerprint density at radius 1 is 1.26 bits per heavy atom. The lowest BCUT2D eigenvalue weighted by Gasteiger charge is -2.32. The highest BCUT2D eigenvalue weighted by Gasteiger charge is 2.22. The number of anilines is 1. The molecular weight excluding hydrogens is 292 g/mol. The summed E-state index contributed by atoms with van der Waals surface area (Å²) >= 11 is 0. The molecule has 3 rings (SSSR count). The molecular formula is C17H23N4O2+. The van der Waals surface area contributed by atoms with E-state index in [0.29, 0.717) is 17.9 Å². The molecule has 1 saturated heterocycles. The molecule has 0 aliphatic carbocycles. The van der Waals surface area contributed by atoms with E-state index in [1.807, 2.05) is 17.9 Å². The summed E-state index contributed by atoms with van der Waals surface area (Å²) in [6, 6.07) is 10.5. The molecule has 1 aromatic heterocycles. The highest BCUT2D eigenvalue weighted by molar-refractivity contribution is 5.35. The molecule has 3 N–H and O–H groups in total. The first-order valence-corrected chi connectivity index (χ1v) is 8.12. The van der Waals surface area contributed by atoms with Crippen molar-refractivity contribution in [3.63, 3.8) is 0 Å². The number of hydrogen-bond acceptors (Lipinski definition) is 4. The number of rotatable bonds is 4. The molecule has 23 heavy (non-hydrogen) atoms. The van der Waals surface area contributed by atoms with Crippen LogP contribution in [0.1, 0.15) is 18.1 Å². The SMILES string of the molecule is CCc1c(O)nc(N2CC[NH+](Cc3ccccc3)CC2)[nH]c1=O. The van der Waals surface area contributed by atoms with Crippen molar-refractivity contribution in [2.45, 2.75) is 19.9 Å². The largest absolute Gasteiger partial charge is 0.493 e. The number of nitrogens with zero attached hydrogens (tertiary/aromatic N) is 2. The maximum atomic E-state index is 12.0. The first-order chi connectivity index (χ1) is 11.2. The third-order valence-electron chi connectivity index (χ3n) is 4.40. The molecule has 0 saturated carbocycles. The van der Waals surface area contributed by atoms with Crippen molar-refractivity contribution in [1.29, 1.82) is 0 Å². The van der Waals surface area contributed by atoms with E-state index in [4.69, 9.17) is 0 Å². The quantitative estimate of drug-likeness (QED) is 0.739. The normalized spacial score (nSPS) is 15.8. The highest BCUT2D eigenvalue weighted by atomic mass is 16.3. The van der Waals surface area contributed by atoms with E-state index in [1.54, 1.807) is 0 Å². The van der Waals surface area contributed by atoms with Crippen LogP contribution in [0, 0.1) is 0 Å². The fourth-order valence-electron chi connectivity index (χ4n) is 3.04. The fraction of sp³-hybridized carbons (Fsp3) is 0.412. The summed E-state index contributed by atoms with van der Waals surface area (Å²) < 4.78 is 0. The van der Waals surface area contributed by atoms with Crippen LogP contribution in [0.4, 0.5) is 5.95 Å². The van der Waals surface area contributed by atoms with Crippen LogP contribution in [0.15, 0.2) is 35.1 Å². The summed E-state index contributed by atoms with van der Waals surface area (Å²) in [6.45, 7) is 6.44. The molecule has 0 radical (unpaired) electrons. The zero-order valence-corrected chi connectivity index (χ0v) is 13.4. The van der Waals surface area contributed by atoms with Gasteiger partial charge in [0.25, 0.3) is 5.56 Å². The lowest BCUT2D eigenvalue weighted by molar-refractivity contribution is -0.914. The van der Waals surface area contributed by atoms with Crippen molar-refractivity contribution in [2.24, 2.45) is 0 Å². The van der Waals surface area contributed by atoms with Crippen molar-refractivity contribution >= 4 is 5.95 Å². The predicted molar refractivity (Wildman–Crippen MR) is 89.0 cm³/mol. The third-order valence-corrected chi connectivity index (χ3v) is 4.40. The topological polar surface area (TPSA) is 73.7 Å². The second-order valence-electron chi connectivity index (χ2n) is 5.94. The lowest BCUT2D eigenvalue weighted by atomic mass is 10.2. The maximum absolute atomic E-state index is 12.0. The number of hydrogen-bond donors (Lipinski definition) is 3. The Morgan fingerprint density at radius 2 is 1.96 bits per heavy atom. The molecule has 1 aliphatic heterocycles. The molecule has 122 valence electrons. The molecule has 0 unspecified atom stereocenters. The van der Waals surface area contributed by atoms with Gasteiger partial charge < -0.3 is 14.9 Å². The molecule has 0 atom stereocenters. The van der Waals surface area contributed by atoms with Gasteiger partial charge in [-0.2, -0.15) is 4.98 Å². The minimum atomic E-state index is -0.242. The number of H-pyrrole nitrogens is 1. The van der Waals surface area contributed by atoms with E-state index in [2.05, 4.69) is 34.2 Å². The molecule has 2 aromatic rings. The van der Waals surface area contributed by atoms with Gasteiger partial charge in [0.1, 0.15) is 6.54 Å². The zero-order valence-electron chi connectivity index (χ0n) is 13.4. The van der Waals surface area contributed by atoms with Gasteiger partial charge in [-0.05, 0) is 6.42 Å². The van der Waals surface area contributed by atoms with Crippen LogP contribution in [-0.4, -0.2) is 41.3 Å². The molecule has 1 aliphatic rings. The van der Waals surface area contributed by atoms with Crippen molar-refractivity contribution in [3.05, 3.63) is 51.8 Å². The number of nitrogens with one attached hydrogen (secondary N) is 2. The molecule has 1 fully saturated rings. The van der Waals surface area contributed by atoms with Crippen molar-refractivity contribution in [1.82, 2.24) is 9.97 Å². The van der Waals surface area contributed by atoms with Crippen LogP contribution in [-0.2, 0) is 13.0 Å². The van der Waals surface area contributed by atoms with Gasteiger partial charge in [0.05, 0.1) is 31.7 Å². The van der Waals surface area contributed by atoms with Crippen LogP contribution in [0.25, 0.3) is 0 Å². The standard InChI is InChI=1S/C17H22N4O2/c1-2-14-15(22)18-17(19-16(14)23)21-10-8-20(9-11-21)12-13-6-4-3-5-7-13/h3-7H,2,8-12H2,1H3,(H2,18,19,22,23)/p+1. The average molecular weight is 315 g/mol. The average Bonchev–Trinajstić information content (AvgIpc) is 2.56. The minimum Gasteiger partial charge on any atom is -0.493 e. The predicted octanol–water partition coefficient (Wildman–Crippen LogP) is -0.0570. The van der Waals surface area contributed by atoms with E-state index >= 15 is 0 Å². The number of benzene rings is 1. The van der Waals surface area contributed by atoms with Gasteiger partial charge in [0.15, 0.2) is 0 Å². The van der Waals surface area contributed by atoms with E-state index in [1.165, 1.54) is 10.5 Å². The number of aromatic amines is 1. The van der Waals surface area contributed by atoms with E-state index in [-0.39, 0.29) is 11.4 Å². The Morgan fingerprint density at radius 3 is 2.57 bits per heavy atom. The molecule has 0 bridgehead atoms. The molecule has 0 spiro atoms. The van der Waals surface area contributed by atoms with Gasteiger partial charge in [-0.3, -0.25) is 9.78 Å². The van der Waals surface area contributed by atoms with Crippen LogP contribution in [0.2, 0.25) is 0 Å². The van der Waals surface area contributed by atoms with Crippen molar-refractivity contribution in [3.8, 4) is 5.88 Å². The first kappa shape index (κ1) is 15.6. The highest BCUT2D eigenvalue weighted by Crippen LogP contribution is 2.14. The second kappa shape index (κ2) is 6.83. The van der Waals surface area contributed by atoms with Crippen LogP contribution >= 0.6 is 0 Å². The number of quaternary nitrogens is 1. The van der Waals surface area contributed by atoms with Crippen LogP contribution in [0.5, 0.6) is 5.88 Å². The summed E-state index contributed by atoms with van der Waals surface area (Å²) in [7, 11) is 0. The molecule has 6 heteroatoms. The second-order valence-corrected chi connectivity index (χ2v) is 5.94. The van der Waals surface area contributed by atoms with Gasteiger partial charge in [-0.25, -0.2) is 0 Å². The van der Waals surface area contributed by atoms with Crippen LogP contribution in [0.3, 0.4) is 0 Å². The Labute approximate surface area is 135 Å². The Kier molecular flexibility index (Phi) is 4.62. The van der Waals surface area contributed by atoms with E-state index in [0.717, 1.165) is 32.7 Å². The number of aromatic hydroxyl groups is 1. The summed E-state index contributed by atoms with van der Waals surface area (Å²) in [4.78, 5) is 22.5. The van der Waals surface area contributed by atoms with Gasteiger partial charge in [0, 0.05) is 5.56 Å². The number of aromatic nitrogens is 2. The van der Waals surface area contributed by atoms with Crippen molar-refractivity contribution in [2.75, 3.05) is 31.1 Å². The van der Waals surface area contributed by atoms with Gasteiger partial charge in [-0.15, -0.1) is 0 Å². The number of piperazine rings is 1. The summed E-state index contributed by atoms with van der Waals surface area (Å²) in [5.74, 6) is 0.328. The Bertz CT molecular complexity index is 706. The van der Waals surface area contributed by atoms with Gasteiger partial charge in [0.2, 0.25) is 11.8 Å². The molecule has 1 aromatic carbocycles. The Hall–Kier alpha value is -2.34. The first-order valence-electron chi connectivity index (χ1n) is 8.12. The van der Waals surface area contributed by atoms with Crippen molar-refractivity contribution < 1.29 is 10.0 Å². The smallest absolute Gasteiger partial charge is 0.259 e. The molecule has 2 heterocycles. The van der Waals surface area contributed by atoms with Gasteiger partial charge >= 0.3 is 0 Å². The maximum Gasteiger partial charge on any atom is 0.259 e. The molecule has 6 nitrogen and oxygen atoms in total. The Balaban J connectivity index is 1.64. The van der Waals surface area contributed by atoms with E-state index < -0.39 is 0 Å². The fourth-order valence-corrected chi connectivity index (χ4v) is 3.04. The lowest BCUT2D eigenvalue weighted by Crippen LogP contribution is -3.13. The van der Waals surface area contributed by atoms with Gasteiger partial charge in [-0.1, -0.05) is 37.3 Å².